The number of methoxy groups -OCH3 is 3. The van der Waals surface area contributed by atoms with Gasteiger partial charge in [0.15, 0.2) is 0 Å². The Kier molecular flexibility index (Phi) is 5.76. The largest absolute Gasteiger partial charge is 0.497 e. The van der Waals surface area contributed by atoms with Crippen molar-refractivity contribution >= 4 is 21.6 Å². The van der Waals surface area contributed by atoms with E-state index in [1.807, 2.05) is 0 Å². The minimum absolute atomic E-state index is 0.0373. The van der Waals surface area contributed by atoms with Crippen molar-refractivity contribution < 1.29 is 27.4 Å². The molecule has 1 fully saturated rings. The van der Waals surface area contributed by atoms with Crippen LogP contribution in [0.15, 0.2) is 47.4 Å². The molecule has 1 saturated heterocycles. The lowest BCUT2D eigenvalue weighted by Gasteiger charge is -2.18. The average Bonchev–Trinajstić information content (AvgIpc) is 3.06. The zero-order chi connectivity index (χ0) is 20.3. The molecule has 1 aliphatic rings. The summed E-state index contributed by atoms with van der Waals surface area (Å²) in [5, 5.41) is 0. The number of carbonyl (C=O) groups is 1. The highest BCUT2D eigenvalue weighted by atomic mass is 32.2. The summed E-state index contributed by atoms with van der Waals surface area (Å²) in [4.78, 5) is 13.9. The second-order valence-electron chi connectivity index (χ2n) is 6.24. The summed E-state index contributed by atoms with van der Waals surface area (Å²) in [7, 11) is 0.497. The van der Waals surface area contributed by atoms with Crippen molar-refractivity contribution in [3.05, 3.63) is 42.5 Å². The molecule has 8 nitrogen and oxygen atoms in total. The molecule has 28 heavy (non-hydrogen) atoms. The zero-order valence-corrected chi connectivity index (χ0v) is 16.7. The van der Waals surface area contributed by atoms with Crippen LogP contribution in [0.3, 0.4) is 0 Å². The van der Waals surface area contributed by atoms with Crippen molar-refractivity contribution in [3.63, 3.8) is 0 Å². The quantitative estimate of drug-likeness (QED) is 0.754. The number of hydrogen-bond donors (Lipinski definition) is 1. The highest BCUT2D eigenvalue weighted by molar-refractivity contribution is 7.89. The Labute approximate surface area is 164 Å². The van der Waals surface area contributed by atoms with Crippen LogP contribution in [0.1, 0.15) is 6.42 Å². The zero-order valence-electron chi connectivity index (χ0n) is 15.8. The number of nitrogens with one attached hydrogen (secondary N) is 1. The summed E-state index contributed by atoms with van der Waals surface area (Å²) < 4.78 is 43.7. The molecule has 3 rings (SSSR count). The lowest BCUT2D eigenvalue weighted by atomic mass is 10.3. The lowest BCUT2D eigenvalue weighted by Crippen LogP contribution is -2.37. The Hall–Kier alpha value is -2.78. The number of carbonyl (C=O) groups excluding carboxylic acids is 1. The van der Waals surface area contributed by atoms with Crippen LogP contribution >= 0.6 is 0 Å². The molecular weight excluding hydrogens is 384 g/mol. The first-order chi connectivity index (χ1) is 13.4. The van der Waals surface area contributed by atoms with E-state index < -0.39 is 16.1 Å². The van der Waals surface area contributed by atoms with E-state index in [-0.39, 0.29) is 29.5 Å². The third-order valence-electron chi connectivity index (χ3n) is 4.49. The van der Waals surface area contributed by atoms with E-state index in [2.05, 4.69) is 4.72 Å². The molecule has 0 aromatic heterocycles. The van der Waals surface area contributed by atoms with Gasteiger partial charge in [-0.05, 0) is 36.4 Å². The summed E-state index contributed by atoms with van der Waals surface area (Å²) in [5.41, 5.74) is 0.687. The molecular formula is C19H22N2O6S. The Morgan fingerprint density at radius 2 is 1.61 bits per heavy atom. The molecule has 0 saturated carbocycles. The van der Waals surface area contributed by atoms with Gasteiger partial charge in [-0.1, -0.05) is 0 Å². The van der Waals surface area contributed by atoms with E-state index in [4.69, 9.17) is 14.2 Å². The molecule has 2 aromatic rings. The number of nitrogens with zero attached hydrogens (tertiary/aromatic N) is 1. The number of ether oxygens (including phenoxy) is 3. The first-order valence-electron chi connectivity index (χ1n) is 8.56. The van der Waals surface area contributed by atoms with Gasteiger partial charge >= 0.3 is 0 Å². The van der Waals surface area contributed by atoms with Gasteiger partial charge in [-0.25, -0.2) is 13.1 Å². The van der Waals surface area contributed by atoms with Crippen molar-refractivity contribution in [2.45, 2.75) is 17.4 Å². The molecule has 0 bridgehead atoms. The third-order valence-corrected chi connectivity index (χ3v) is 6.03. The van der Waals surface area contributed by atoms with E-state index in [1.165, 1.54) is 26.4 Å². The Morgan fingerprint density at radius 1 is 0.964 bits per heavy atom. The maximum atomic E-state index is 12.9. The van der Waals surface area contributed by atoms with Gasteiger partial charge in [-0.15, -0.1) is 0 Å². The number of rotatable bonds is 7. The maximum absolute atomic E-state index is 12.9. The maximum Gasteiger partial charge on any atom is 0.244 e. The van der Waals surface area contributed by atoms with Gasteiger partial charge in [0.25, 0.3) is 0 Å². The van der Waals surface area contributed by atoms with Crippen LogP contribution < -0.4 is 23.8 Å². The van der Waals surface area contributed by atoms with E-state index in [0.29, 0.717) is 17.2 Å². The van der Waals surface area contributed by atoms with Gasteiger partial charge < -0.3 is 19.1 Å². The summed E-state index contributed by atoms with van der Waals surface area (Å²) in [6, 6.07) is 11.0. The first-order valence-corrected chi connectivity index (χ1v) is 10.0. The Morgan fingerprint density at radius 3 is 2.21 bits per heavy atom. The van der Waals surface area contributed by atoms with Crippen molar-refractivity contribution in [3.8, 4) is 17.2 Å². The number of sulfonamides is 1. The predicted octanol–water partition coefficient (Wildman–Crippen LogP) is 1.80. The molecule has 1 atom stereocenters. The fourth-order valence-corrected chi connectivity index (χ4v) is 4.49. The van der Waals surface area contributed by atoms with E-state index in [1.54, 1.807) is 42.3 Å². The van der Waals surface area contributed by atoms with Crippen molar-refractivity contribution in [1.29, 1.82) is 0 Å². The van der Waals surface area contributed by atoms with Crippen LogP contribution in [-0.2, 0) is 14.8 Å². The van der Waals surface area contributed by atoms with Crippen LogP contribution in [0.5, 0.6) is 17.2 Å². The molecule has 1 heterocycles. The summed E-state index contributed by atoms with van der Waals surface area (Å²) in [6.45, 7) is 0.233. The summed E-state index contributed by atoms with van der Waals surface area (Å²) >= 11 is 0. The van der Waals surface area contributed by atoms with Crippen LogP contribution in [0, 0.1) is 0 Å². The average molecular weight is 406 g/mol. The van der Waals surface area contributed by atoms with Crippen molar-refractivity contribution in [1.82, 2.24) is 4.72 Å². The molecule has 1 unspecified atom stereocenters. The monoisotopic (exact) mass is 406 g/mol. The number of anilines is 1. The lowest BCUT2D eigenvalue weighted by molar-refractivity contribution is -0.117. The van der Waals surface area contributed by atoms with Crippen LogP contribution in [-0.4, -0.2) is 48.2 Å². The van der Waals surface area contributed by atoms with Gasteiger partial charge in [0.1, 0.15) is 22.1 Å². The normalized spacial score (nSPS) is 16.9. The Bertz CT molecular complexity index is 959. The number of benzene rings is 2. The minimum atomic E-state index is -3.91. The van der Waals surface area contributed by atoms with Crippen LogP contribution in [0.25, 0.3) is 0 Å². The van der Waals surface area contributed by atoms with E-state index in [9.17, 15) is 13.2 Å². The topological polar surface area (TPSA) is 94.2 Å². The molecule has 2 aromatic carbocycles. The molecule has 1 amide bonds. The SMILES string of the molecule is COc1ccc(N2CC(NS(=O)(=O)c3cc(OC)ccc3OC)CC2=O)cc1. The van der Waals surface area contributed by atoms with E-state index >= 15 is 0 Å². The van der Waals surface area contributed by atoms with Crippen LogP contribution in [0.4, 0.5) is 5.69 Å². The smallest absolute Gasteiger partial charge is 0.244 e. The van der Waals surface area contributed by atoms with E-state index in [0.717, 1.165) is 0 Å². The molecule has 9 heteroatoms. The highest BCUT2D eigenvalue weighted by Gasteiger charge is 2.34. The molecule has 0 aliphatic carbocycles. The third kappa shape index (κ3) is 4.05. The second-order valence-corrected chi connectivity index (χ2v) is 7.92. The highest BCUT2D eigenvalue weighted by Crippen LogP contribution is 2.29. The predicted molar refractivity (Wildman–Crippen MR) is 104 cm³/mol. The molecule has 1 N–H and O–H groups in total. The summed E-state index contributed by atoms with van der Waals surface area (Å²) in [6.07, 6.45) is 0.0670. The molecule has 0 spiro atoms. The fraction of sp³-hybridized carbons (Fsp3) is 0.316. The number of hydrogen-bond acceptors (Lipinski definition) is 6. The number of amides is 1. The molecule has 1 aliphatic heterocycles. The second kappa shape index (κ2) is 8.07. The van der Waals surface area contributed by atoms with Crippen molar-refractivity contribution in [2.24, 2.45) is 0 Å². The van der Waals surface area contributed by atoms with Crippen LogP contribution in [0.2, 0.25) is 0 Å². The molecule has 0 radical (unpaired) electrons. The molecule has 150 valence electrons. The first kappa shape index (κ1) is 20.0. The summed E-state index contributed by atoms with van der Waals surface area (Å²) in [5.74, 6) is 1.11. The van der Waals surface area contributed by atoms with Gasteiger partial charge in [-0.2, -0.15) is 0 Å². The fourth-order valence-electron chi connectivity index (χ4n) is 3.08. The van der Waals surface area contributed by atoms with Gasteiger partial charge in [0.2, 0.25) is 15.9 Å². The standard InChI is InChI=1S/C19H22N2O6S/c1-25-15-6-4-14(5-7-15)21-12-13(10-19(21)22)20-28(23,24)18-11-16(26-2)8-9-17(18)27-3/h4-9,11,13,20H,10,12H2,1-3H3. The van der Waals surface area contributed by atoms with Crippen molar-refractivity contribution in [2.75, 3.05) is 32.8 Å². The van der Waals surface area contributed by atoms with Gasteiger partial charge in [0, 0.05) is 30.8 Å². The minimum Gasteiger partial charge on any atom is -0.497 e. The van der Waals surface area contributed by atoms with Gasteiger partial charge in [0.05, 0.1) is 21.3 Å². The van der Waals surface area contributed by atoms with Gasteiger partial charge in [-0.3, -0.25) is 4.79 Å². The Balaban J connectivity index is 1.79.